The summed E-state index contributed by atoms with van der Waals surface area (Å²) in [5, 5.41) is 3.44. The summed E-state index contributed by atoms with van der Waals surface area (Å²) in [6, 6.07) is 4.00. The summed E-state index contributed by atoms with van der Waals surface area (Å²) in [5.74, 6) is 2.02. The molecule has 0 unspecified atom stereocenters. The van der Waals surface area contributed by atoms with Crippen molar-refractivity contribution >= 4 is 11.8 Å². The Morgan fingerprint density at radius 3 is 2.89 bits per heavy atom. The first-order chi connectivity index (χ1) is 8.88. The van der Waals surface area contributed by atoms with E-state index in [2.05, 4.69) is 22.6 Å². The number of methoxy groups -OCH3 is 1. The van der Waals surface area contributed by atoms with Crippen LogP contribution >= 0.6 is 11.8 Å². The number of hydrogen-bond donors (Lipinski definition) is 1. The minimum atomic E-state index is 0.727. The highest BCUT2D eigenvalue weighted by Gasteiger charge is 2.01. The molecule has 0 saturated carbocycles. The first-order valence-corrected chi connectivity index (χ1v) is 7.95. The van der Waals surface area contributed by atoms with E-state index in [-0.39, 0.29) is 0 Å². The van der Waals surface area contributed by atoms with Gasteiger partial charge in [-0.05, 0) is 37.5 Å². The molecule has 0 spiro atoms. The lowest BCUT2D eigenvalue weighted by Gasteiger charge is -2.08. The average Bonchev–Trinajstić information content (AvgIpc) is 2.42. The number of hydrogen-bond acceptors (Lipinski definition) is 4. The van der Waals surface area contributed by atoms with Crippen LogP contribution in [0.4, 0.5) is 0 Å². The van der Waals surface area contributed by atoms with Crippen LogP contribution in [0, 0.1) is 0 Å². The van der Waals surface area contributed by atoms with Gasteiger partial charge >= 0.3 is 0 Å². The number of thioether (sulfide) groups is 1. The molecule has 0 aliphatic heterocycles. The smallest absolute Gasteiger partial charge is 0.217 e. The zero-order valence-corrected chi connectivity index (χ0v) is 12.3. The predicted octanol–water partition coefficient (Wildman–Crippen LogP) is 3.10. The molecule has 3 nitrogen and oxygen atoms in total. The van der Waals surface area contributed by atoms with Crippen molar-refractivity contribution in [3.8, 4) is 5.88 Å². The van der Waals surface area contributed by atoms with Crippen molar-refractivity contribution in [2.45, 2.75) is 32.2 Å². The van der Waals surface area contributed by atoms with Crippen molar-refractivity contribution in [1.82, 2.24) is 10.3 Å². The van der Waals surface area contributed by atoms with E-state index in [1.54, 1.807) is 13.3 Å². The zero-order valence-electron chi connectivity index (χ0n) is 11.4. The zero-order chi connectivity index (χ0) is 13.1. The number of rotatable bonds is 10. The normalized spacial score (nSPS) is 10.6. The summed E-state index contributed by atoms with van der Waals surface area (Å²) in [6.45, 7) is 1.90. The van der Waals surface area contributed by atoms with Crippen molar-refractivity contribution < 1.29 is 4.74 Å². The second-order valence-corrected chi connectivity index (χ2v) is 5.24. The average molecular weight is 268 g/mol. The van der Waals surface area contributed by atoms with E-state index < -0.39 is 0 Å². The van der Waals surface area contributed by atoms with Crippen LogP contribution in [0.5, 0.6) is 5.88 Å². The lowest BCUT2D eigenvalue weighted by Crippen LogP contribution is -2.15. The van der Waals surface area contributed by atoms with Gasteiger partial charge in [-0.2, -0.15) is 11.8 Å². The second-order valence-electron chi connectivity index (χ2n) is 4.26. The Bertz CT molecular complexity index is 320. The molecule has 0 aliphatic rings. The fraction of sp³-hybridized carbons (Fsp3) is 0.643. The molecule has 1 N–H and O–H groups in total. The maximum absolute atomic E-state index is 5.21. The van der Waals surface area contributed by atoms with Gasteiger partial charge in [0.2, 0.25) is 5.88 Å². The summed E-state index contributed by atoms with van der Waals surface area (Å²) < 4.78 is 5.21. The lowest BCUT2D eigenvalue weighted by atomic mass is 10.2. The van der Waals surface area contributed by atoms with Crippen LogP contribution in [0.2, 0.25) is 0 Å². The highest BCUT2D eigenvalue weighted by atomic mass is 32.2. The van der Waals surface area contributed by atoms with Gasteiger partial charge in [0.15, 0.2) is 0 Å². The van der Waals surface area contributed by atoms with Crippen molar-refractivity contribution in [1.29, 1.82) is 0 Å². The molecule has 1 heterocycles. The van der Waals surface area contributed by atoms with Gasteiger partial charge in [0.25, 0.3) is 0 Å². The Morgan fingerprint density at radius 1 is 1.28 bits per heavy atom. The Hall–Kier alpha value is -0.740. The van der Waals surface area contributed by atoms with E-state index in [9.17, 15) is 0 Å². The highest BCUT2D eigenvalue weighted by Crippen LogP contribution is 2.12. The minimum Gasteiger partial charge on any atom is -0.481 e. The van der Waals surface area contributed by atoms with E-state index in [1.165, 1.54) is 31.4 Å². The second kappa shape index (κ2) is 10.2. The number of aromatic nitrogens is 1. The predicted molar refractivity (Wildman–Crippen MR) is 79.3 cm³/mol. The van der Waals surface area contributed by atoms with Crippen LogP contribution < -0.4 is 10.1 Å². The molecule has 102 valence electrons. The van der Waals surface area contributed by atoms with Gasteiger partial charge in [-0.1, -0.05) is 18.9 Å². The molecule has 0 aromatic carbocycles. The van der Waals surface area contributed by atoms with Crippen molar-refractivity contribution in [3.05, 3.63) is 23.9 Å². The fourth-order valence-electron chi connectivity index (χ4n) is 1.82. The molecular formula is C14H24N2OS. The third kappa shape index (κ3) is 6.26. The molecule has 0 aliphatic carbocycles. The van der Waals surface area contributed by atoms with Crippen LogP contribution in [-0.4, -0.2) is 30.6 Å². The van der Waals surface area contributed by atoms with Crippen LogP contribution in [-0.2, 0) is 6.54 Å². The summed E-state index contributed by atoms with van der Waals surface area (Å²) in [4.78, 5) is 4.18. The summed E-state index contributed by atoms with van der Waals surface area (Å²) in [6.07, 6.45) is 9.18. The van der Waals surface area contributed by atoms with Gasteiger partial charge in [-0.15, -0.1) is 0 Å². The Kier molecular flexibility index (Phi) is 8.69. The Labute approximate surface area is 115 Å². The number of pyridine rings is 1. The first-order valence-electron chi connectivity index (χ1n) is 6.56. The molecule has 0 atom stereocenters. The van der Waals surface area contributed by atoms with E-state index in [4.69, 9.17) is 4.74 Å². The fourth-order valence-corrected chi connectivity index (χ4v) is 2.31. The molecule has 1 rings (SSSR count). The van der Waals surface area contributed by atoms with Gasteiger partial charge in [0.1, 0.15) is 0 Å². The third-order valence-electron chi connectivity index (χ3n) is 2.81. The Balaban J connectivity index is 2.07. The molecule has 18 heavy (non-hydrogen) atoms. The standard InChI is InChI=1S/C14H24N2OS/c1-17-14-13(8-7-10-16-14)12-15-9-5-3-4-6-11-18-2/h7-8,10,15H,3-6,9,11-12H2,1-2H3. The first kappa shape index (κ1) is 15.3. The van der Waals surface area contributed by atoms with Crippen molar-refractivity contribution in [2.24, 2.45) is 0 Å². The summed E-state index contributed by atoms with van der Waals surface area (Å²) >= 11 is 1.93. The maximum atomic E-state index is 5.21. The van der Waals surface area contributed by atoms with E-state index in [1.807, 2.05) is 17.8 Å². The van der Waals surface area contributed by atoms with Gasteiger partial charge in [0, 0.05) is 18.3 Å². The Morgan fingerprint density at radius 2 is 2.11 bits per heavy atom. The monoisotopic (exact) mass is 268 g/mol. The number of unbranched alkanes of at least 4 members (excludes halogenated alkanes) is 3. The maximum Gasteiger partial charge on any atom is 0.217 e. The van der Waals surface area contributed by atoms with Gasteiger partial charge in [-0.3, -0.25) is 0 Å². The largest absolute Gasteiger partial charge is 0.481 e. The quantitative estimate of drug-likeness (QED) is 0.661. The lowest BCUT2D eigenvalue weighted by molar-refractivity contribution is 0.390. The molecule has 0 fully saturated rings. The topological polar surface area (TPSA) is 34.1 Å². The van der Waals surface area contributed by atoms with Crippen molar-refractivity contribution in [3.63, 3.8) is 0 Å². The van der Waals surface area contributed by atoms with E-state index in [0.717, 1.165) is 24.5 Å². The summed E-state index contributed by atoms with van der Waals surface area (Å²) in [5.41, 5.74) is 1.13. The third-order valence-corrected chi connectivity index (χ3v) is 3.51. The van der Waals surface area contributed by atoms with Gasteiger partial charge in [0.05, 0.1) is 7.11 Å². The number of ether oxygens (including phenoxy) is 1. The van der Waals surface area contributed by atoms with Crippen LogP contribution in [0.1, 0.15) is 31.2 Å². The number of nitrogens with zero attached hydrogens (tertiary/aromatic N) is 1. The molecule has 0 radical (unpaired) electrons. The van der Waals surface area contributed by atoms with Crippen LogP contribution in [0.25, 0.3) is 0 Å². The van der Waals surface area contributed by atoms with Crippen LogP contribution in [0.3, 0.4) is 0 Å². The summed E-state index contributed by atoms with van der Waals surface area (Å²) in [7, 11) is 1.66. The van der Waals surface area contributed by atoms with Gasteiger partial charge in [-0.25, -0.2) is 4.98 Å². The van der Waals surface area contributed by atoms with Crippen LogP contribution in [0.15, 0.2) is 18.3 Å². The molecule has 0 bridgehead atoms. The van der Waals surface area contributed by atoms with E-state index in [0.29, 0.717) is 0 Å². The number of nitrogens with one attached hydrogen (secondary N) is 1. The molecule has 1 aromatic heterocycles. The molecular weight excluding hydrogens is 244 g/mol. The molecule has 0 saturated heterocycles. The van der Waals surface area contributed by atoms with E-state index >= 15 is 0 Å². The van der Waals surface area contributed by atoms with Gasteiger partial charge < -0.3 is 10.1 Å². The minimum absolute atomic E-state index is 0.727. The molecule has 1 aromatic rings. The molecule has 4 heteroatoms. The SMILES string of the molecule is COc1ncccc1CNCCCCCCSC. The van der Waals surface area contributed by atoms with Crippen molar-refractivity contribution in [2.75, 3.05) is 25.7 Å². The highest BCUT2D eigenvalue weighted by molar-refractivity contribution is 7.98. The molecule has 0 amide bonds.